The number of hydrogen-bond donors (Lipinski definition) is 3. The van der Waals surface area contributed by atoms with Gasteiger partial charge in [0, 0.05) is 0 Å². The average molecular weight is 176 g/mol. The summed E-state index contributed by atoms with van der Waals surface area (Å²) in [5.41, 5.74) is -2.71. The van der Waals surface area contributed by atoms with Crippen LogP contribution < -0.4 is 0 Å². The summed E-state index contributed by atoms with van der Waals surface area (Å²) in [5.74, 6) is 0.122. The molecular weight excluding hydrogens is 171 g/mol. The van der Waals surface area contributed by atoms with Crippen LogP contribution in [-0.2, 0) is 16.3 Å². The van der Waals surface area contributed by atoms with Gasteiger partial charge in [-0.15, -0.1) is 0 Å². The summed E-state index contributed by atoms with van der Waals surface area (Å²) in [6.45, 7) is 0. The van der Waals surface area contributed by atoms with Crippen LogP contribution >= 0.6 is 30.6 Å². The predicted octanol–water partition coefficient (Wildman–Crippen LogP) is 1.04. The van der Waals surface area contributed by atoms with Crippen LogP contribution in [0.15, 0.2) is 0 Å². The Hall–Kier alpha value is 1.27. The topological polar surface area (TPSA) is 29.5 Å². The Morgan fingerprint density at radius 1 is 1.86 bits per heavy atom. The molecule has 0 saturated heterocycles. The van der Waals surface area contributed by atoms with Crippen LogP contribution in [0.25, 0.3) is 0 Å². The molecule has 7 heavy (non-hydrogen) atoms. The molecule has 44 valence electrons. The van der Waals surface area contributed by atoms with E-state index >= 15 is 0 Å². The average Bonchev–Trinajstić information content (AvgIpc) is 1.30. The Morgan fingerprint density at radius 2 is 2.29 bits per heavy atom. The lowest BCUT2D eigenvalue weighted by Crippen LogP contribution is -1.76. The Labute approximate surface area is 58.0 Å². The molecule has 0 aliphatic rings. The first kappa shape index (κ1) is 8.27. The van der Waals surface area contributed by atoms with Crippen molar-refractivity contribution in [3.63, 3.8) is 0 Å². The van der Waals surface area contributed by atoms with Crippen LogP contribution in [0, 0.1) is 0 Å². The second-order valence-electron chi connectivity index (χ2n) is 0.749. The van der Waals surface area contributed by atoms with Gasteiger partial charge in [0.05, 0.1) is 5.94 Å². The van der Waals surface area contributed by atoms with Gasteiger partial charge >= 0.3 is 0 Å². The molecular formula is CH5O2PS3. The third-order valence-electron chi connectivity index (χ3n) is 0.226. The minimum Gasteiger partial charge on any atom is -0.338 e. The van der Waals surface area contributed by atoms with E-state index in [0.717, 1.165) is 0 Å². The van der Waals surface area contributed by atoms with E-state index in [1.807, 2.05) is 0 Å². The van der Waals surface area contributed by atoms with Gasteiger partial charge in [0.15, 0.2) is 0 Å². The van der Waals surface area contributed by atoms with Crippen molar-refractivity contribution in [1.82, 2.24) is 0 Å². The fraction of sp³-hybridized carbons (Fsp3) is 1.00. The third kappa shape index (κ3) is 7.27. The summed E-state index contributed by atoms with van der Waals surface area (Å²) in [6, 6.07) is 0. The molecule has 0 amide bonds. The van der Waals surface area contributed by atoms with Crippen molar-refractivity contribution in [1.29, 1.82) is 0 Å². The maximum absolute atomic E-state index is 8.54. The first-order valence-corrected chi connectivity index (χ1v) is 5.83. The Balaban J connectivity index is 3.36. The summed E-state index contributed by atoms with van der Waals surface area (Å²) in [4.78, 5) is 8.54. The van der Waals surface area contributed by atoms with Crippen molar-refractivity contribution in [2.75, 3.05) is 5.94 Å². The van der Waals surface area contributed by atoms with E-state index in [9.17, 15) is 0 Å². The fourth-order valence-electron chi connectivity index (χ4n) is 0.0752. The largest absolute Gasteiger partial charge is 0.338 e. The molecule has 0 heterocycles. The zero-order valence-electron chi connectivity index (χ0n) is 3.31. The number of hydrogen-bond acceptors (Lipinski definition) is 3. The highest BCUT2D eigenvalue weighted by atomic mass is 32.9. The van der Waals surface area contributed by atoms with Gasteiger partial charge in [-0.3, -0.25) is 0 Å². The van der Waals surface area contributed by atoms with Gasteiger partial charge in [-0.1, -0.05) is 12.2 Å². The Morgan fingerprint density at radius 3 is 2.29 bits per heavy atom. The molecule has 6 heteroatoms. The lowest BCUT2D eigenvalue weighted by molar-refractivity contribution is 0.388. The smallest absolute Gasteiger partial charge is 0.242 e. The molecule has 0 spiro atoms. The molecule has 1 unspecified atom stereocenters. The molecule has 1 atom stereocenters. The van der Waals surface area contributed by atoms with E-state index in [2.05, 4.69) is 41.2 Å². The highest BCUT2D eigenvalue weighted by Gasteiger charge is 2.01. The Kier molecular flexibility index (Phi) is 3.93. The lowest BCUT2D eigenvalue weighted by Gasteiger charge is -2.03. The lowest BCUT2D eigenvalue weighted by atomic mass is 11.7. The minimum absolute atomic E-state index is 0.122. The van der Waals surface area contributed by atoms with E-state index in [0.29, 0.717) is 0 Å². The SMILES string of the molecule is OP(=S)(S)OCS. The molecule has 0 rings (SSSR count). The summed E-state index contributed by atoms with van der Waals surface area (Å²) in [5, 5.41) is 0. The quantitative estimate of drug-likeness (QED) is 0.333. The van der Waals surface area contributed by atoms with E-state index in [4.69, 9.17) is 4.89 Å². The predicted molar refractivity (Wildman–Crippen MR) is 40.4 cm³/mol. The van der Waals surface area contributed by atoms with Crippen molar-refractivity contribution in [2.24, 2.45) is 0 Å². The third-order valence-corrected chi connectivity index (χ3v) is 1.69. The number of rotatable bonds is 2. The van der Waals surface area contributed by atoms with Crippen molar-refractivity contribution >= 4 is 42.4 Å². The zero-order chi connectivity index (χ0) is 5.91. The standard InChI is InChI=1S/CH5O2PS3/c2-4(6,7)3-1-5/h5H,1H2,(H2,2,6,7). The van der Waals surface area contributed by atoms with Crippen LogP contribution in [0.5, 0.6) is 0 Å². The highest BCUT2D eigenvalue weighted by Crippen LogP contribution is 2.47. The normalized spacial score (nSPS) is 18.7. The maximum Gasteiger partial charge on any atom is 0.242 e. The van der Waals surface area contributed by atoms with E-state index in [-0.39, 0.29) is 5.94 Å². The molecule has 2 nitrogen and oxygen atoms in total. The highest BCUT2D eigenvalue weighted by molar-refractivity contribution is 8.59. The molecule has 0 bridgehead atoms. The molecule has 1 N–H and O–H groups in total. The van der Waals surface area contributed by atoms with Crippen LogP contribution in [-0.4, -0.2) is 10.8 Å². The zero-order valence-corrected chi connectivity index (χ0v) is 6.81. The Bertz CT molecular complexity index is 86.9. The molecule has 0 aromatic heterocycles. The van der Waals surface area contributed by atoms with Gasteiger partial charge in [0.2, 0.25) is 5.69 Å². The molecule has 0 aromatic carbocycles. The molecule has 0 aliphatic heterocycles. The van der Waals surface area contributed by atoms with Crippen LogP contribution in [0.3, 0.4) is 0 Å². The van der Waals surface area contributed by atoms with Gasteiger partial charge < -0.3 is 9.42 Å². The summed E-state index contributed by atoms with van der Waals surface area (Å²) >= 11 is 11.5. The van der Waals surface area contributed by atoms with E-state index in [1.54, 1.807) is 0 Å². The van der Waals surface area contributed by atoms with Crippen molar-refractivity contribution in [2.45, 2.75) is 0 Å². The summed E-state index contributed by atoms with van der Waals surface area (Å²) < 4.78 is 4.44. The van der Waals surface area contributed by atoms with Crippen LogP contribution in [0.1, 0.15) is 0 Å². The maximum atomic E-state index is 8.54. The van der Waals surface area contributed by atoms with E-state index < -0.39 is 5.69 Å². The van der Waals surface area contributed by atoms with Gasteiger partial charge in [0.1, 0.15) is 0 Å². The fourth-order valence-corrected chi connectivity index (χ4v) is 1.57. The van der Waals surface area contributed by atoms with Gasteiger partial charge in [0.25, 0.3) is 0 Å². The number of thiol groups is 2. The monoisotopic (exact) mass is 176 g/mol. The minimum atomic E-state index is -2.71. The van der Waals surface area contributed by atoms with Crippen LogP contribution in [0.2, 0.25) is 0 Å². The molecule has 0 fully saturated rings. The summed E-state index contributed by atoms with van der Waals surface area (Å²) in [6.07, 6.45) is 0. The van der Waals surface area contributed by atoms with Crippen molar-refractivity contribution < 1.29 is 9.42 Å². The van der Waals surface area contributed by atoms with Gasteiger partial charge in [-0.25, -0.2) is 0 Å². The van der Waals surface area contributed by atoms with E-state index in [1.165, 1.54) is 0 Å². The second-order valence-corrected chi connectivity index (χ2v) is 6.17. The first-order valence-electron chi connectivity index (χ1n) is 1.37. The van der Waals surface area contributed by atoms with Crippen LogP contribution in [0.4, 0.5) is 0 Å². The van der Waals surface area contributed by atoms with Gasteiger partial charge in [-0.05, 0) is 11.8 Å². The molecule has 0 aromatic rings. The molecule has 0 aliphatic carbocycles. The van der Waals surface area contributed by atoms with Crippen molar-refractivity contribution in [3.8, 4) is 0 Å². The first-order chi connectivity index (χ1) is 3.06. The second kappa shape index (κ2) is 3.33. The molecule has 0 saturated carbocycles. The molecule has 0 radical (unpaired) electrons. The summed E-state index contributed by atoms with van der Waals surface area (Å²) in [7, 11) is 0. The van der Waals surface area contributed by atoms with Crippen molar-refractivity contribution in [3.05, 3.63) is 0 Å². The van der Waals surface area contributed by atoms with Gasteiger partial charge in [-0.2, -0.15) is 12.6 Å².